The lowest BCUT2D eigenvalue weighted by molar-refractivity contribution is 0.477. The molecule has 0 amide bonds. The van der Waals surface area contributed by atoms with Gasteiger partial charge in [0.25, 0.3) is 5.89 Å². The molecule has 0 bridgehead atoms. The minimum atomic E-state index is -3.44. The van der Waals surface area contributed by atoms with Crippen molar-refractivity contribution in [2.75, 3.05) is 13.1 Å². The SMILES string of the molecule is CC(Sc1ccc(S(=O)(=O)N2CCCC2)cn1)c1nnc(-c2cccs2)o1. The normalized spacial score (nSPS) is 16.6. The molecule has 0 spiro atoms. The summed E-state index contributed by atoms with van der Waals surface area (Å²) in [5, 5.41) is 10.8. The van der Waals surface area contributed by atoms with Gasteiger partial charge in [0.05, 0.1) is 15.2 Å². The van der Waals surface area contributed by atoms with E-state index in [-0.39, 0.29) is 10.1 Å². The van der Waals surface area contributed by atoms with Crippen molar-refractivity contribution in [2.24, 2.45) is 0 Å². The number of hydrogen-bond acceptors (Lipinski definition) is 8. The predicted octanol–water partition coefficient (Wildman–Crippen LogP) is 3.83. The highest BCUT2D eigenvalue weighted by Gasteiger charge is 2.27. The Morgan fingerprint density at radius 3 is 2.70 bits per heavy atom. The molecule has 142 valence electrons. The molecule has 0 saturated carbocycles. The number of pyridine rings is 1. The van der Waals surface area contributed by atoms with Gasteiger partial charge >= 0.3 is 0 Å². The lowest BCUT2D eigenvalue weighted by Gasteiger charge is -2.15. The Labute approximate surface area is 165 Å². The summed E-state index contributed by atoms with van der Waals surface area (Å²) in [5.74, 6) is 1.02. The summed E-state index contributed by atoms with van der Waals surface area (Å²) in [6.07, 6.45) is 3.25. The molecule has 1 unspecified atom stereocenters. The van der Waals surface area contributed by atoms with Gasteiger partial charge in [-0.3, -0.25) is 0 Å². The van der Waals surface area contributed by atoms with Crippen molar-refractivity contribution in [3.05, 3.63) is 41.7 Å². The Hall–Kier alpha value is -1.75. The second-order valence-electron chi connectivity index (χ2n) is 6.13. The highest BCUT2D eigenvalue weighted by Crippen LogP contribution is 2.35. The van der Waals surface area contributed by atoms with E-state index in [0.717, 1.165) is 17.7 Å². The van der Waals surface area contributed by atoms with E-state index in [2.05, 4.69) is 15.2 Å². The van der Waals surface area contributed by atoms with Crippen LogP contribution >= 0.6 is 23.1 Å². The number of nitrogens with zero attached hydrogens (tertiary/aromatic N) is 4. The van der Waals surface area contributed by atoms with E-state index in [9.17, 15) is 8.42 Å². The van der Waals surface area contributed by atoms with Gasteiger partial charge in [0.15, 0.2) is 0 Å². The molecular formula is C17H18N4O3S3. The van der Waals surface area contributed by atoms with Crippen LogP contribution in [0.4, 0.5) is 0 Å². The first-order valence-electron chi connectivity index (χ1n) is 8.54. The van der Waals surface area contributed by atoms with Gasteiger partial charge < -0.3 is 4.42 Å². The summed E-state index contributed by atoms with van der Waals surface area (Å²) in [7, 11) is -3.44. The fourth-order valence-electron chi connectivity index (χ4n) is 2.80. The zero-order valence-electron chi connectivity index (χ0n) is 14.6. The van der Waals surface area contributed by atoms with Crippen molar-refractivity contribution < 1.29 is 12.8 Å². The van der Waals surface area contributed by atoms with Crippen molar-refractivity contribution in [3.8, 4) is 10.8 Å². The minimum Gasteiger partial charge on any atom is -0.419 e. The van der Waals surface area contributed by atoms with Crippen LogP contribution in [0.2, 0.25) is 0 Å². The smallest absolute Gasteiger partial charge is 0.257 e. The van der Waals surface area contributed by atoms with E-state index in [4.69, 9.17) is 4.42 Å². The van der Waals surface area contributed by atoms with Crippen molar-refractivity contribution in [2.45, 2.75) is 34.9 Å². The van der Waals surface area contributed by atoms with Crippen molar-refractivity contribution in [1.29, 1.82) is 0 Å². The second-order valence-corrected chi connectivity index (χ2v) is 10.4. The summed E-state index contributed by atoms with van der Waals surface area (Å²) in [4.78, 5) is 5.47. The monoisotopic (exact) mass is 422 g/mol. The van der Waals surface area contributed by atoms with E-state index in [1.807, 2.05) is 24.4 Å². The lowest BCUT2D eigenvalue weighted by Crippen LogP contribution is -2.27. The average Bonchev–Trinajstić information content (AvgIpc) is 3.44. The molecule has 1 saturated heterocycles. The molecule has 1 aliphatic heterocycles. The van der Waals surface area contributed by atoms with Crippen LogP contribution in [0.1, 0.15) is 30.9 Å². The van der Waals surface area contributed by atoms with Gasteiger partial charge in [-0.2, -0.15) is 4.31 Å². The molecule has 3 aromatic heterocycles. The van der Waals surface area contributed by atoms with Crippen LogP contribution in [0.3, 0.4) is 0 Å². The number of aromatic nitrogens is 3. The van der Waals surface area contributed by atoms with Crippen LogP contribution in [0, 0.1) is 0 Å². The predicted molar refractivity (Wildman–Crippen MR) is 104 cm³/mol. The fraction of sp³-hybridized carbons (Fsp3) is 0.353. The molecule has 0 N–H and O–H groups in total. The number of sulfonamides is 1. The van der Waals surface area contributed by atoms with Crippen LogP contribution in [-0.2, 0) is 10.0 Å². The number of hydrogen-bond donors (Lipinski definition) is 0. The summed E-state index contributed by atoms with van der Waals surface area (Å²) in [6, 6.07) is 7.20. The Morgan fingerprint density at radius 2 is 2.04 bits per heavy atom. The average molecular weight is 423 g/mol. The summed E-state index contributed by atoms with van der Waals surface area (Å²) in [5.41, 5.74) is 0. The maximum atomic E-state index is 12.6. The van der Waals surface area contributed by atoms with Gasteiger partial charge in [0.2, 0.25) is 15.9 Å². The van der Waals surface area contributed by atoms with E-state index >= 15 is 0 Å². The molecule has 1 atom stereocenters. The third-order valence-electron chi connectivity index (χ3n) is 4.23. The van der Waals surface area contributed by atoms with E-state index in [1.165, 1.54) is 22.3 Å². The minimum absolute atomic E-state index is 0.0975. The summed E-state index contributed by atoms with van der Waals surface area (Å²) < 4.78 is 32.4. The zero-order chi connectivity index (χ0) is 18.9. The van der Waals surface area contributed by atoms with Crippen LogP contribution in [0.15, 0.2) is 50.2 Å². The van der Waals surface area contributed by atoms with Gasteiger partial charge in [0.1, 0.15) is 4.90 Å². The van der Waals surface area contributed by atoms with Crippen molar-refractivity contribution in [1.82, 2.24) is 19.5 Å². The molecule has 0 aliphatic carbocycles. The molecule has 4 heterocycles. The van der Waals surface area contributed by atoms with E-state index in [0.29, 0.717) is 29.9 Å². The number of thiophene rings is 1. The molecule has 4 rings (SSSR count). The van der Waals surface area contributed by atoms with Crippen LogP contribution < -0.4 is 0 Å². The Morgan fingerprint density at radius 1 is 1.22 bits per heavy atom. The van der Waals surface area contributed by atoms with Gasteiger partial charge in [0, 0.05) is 19.3 Å². The third kappa shape index (κ3) is 3.93. The van der Waals surface area contributed by atoms with Crippen LogP contribution in [-0.4, -0.2) is 41.0 Å². The molecule has 0 aromatic carbocycles. The maximum Gasteiger partial charge on any atom is 0.257 e. The zero-order valence-corrected chi connectivity index (χ0v) is 17.1. The molecule has 27 heavy (non-hydrogen) atoms. The first-order valence-corrected chi connectivity index (χ1v) is 11.7. The van der Waals surface area contributed by atoms with Gasteiger partial charge in [-0.05, 0) is 43.3 Å². The van der Waals surface area contributed by atoms with Crippen LogP contribution in [0.5, 0.6) is 0 Å². The summed E-state index contributed by atoms with van der Waals surface area (Å²) >= 11 is 2.99. The number of thioether (sulfide) groups is 1. The second kappa shape index (κ2) is 7.70. The van der Waals surface area contributed by atoms with Crippen LogP contribution in [0.25, 0.3) is 10.8 Å². The van der Waals surface area contributed by atoms with E-state index < -0.39 is 10.0 Å². The van der Waals surface area contributed by atoms with Gasteiger partial charge in [-0.1, -0.05) is 17.8 Å². The lowest BCUT2D eigenvalue weighted by atomic mass is 10.4. The van der Waals surface area contributed by atoms with E-state index in [1.54, 1.807) is 23.5 Å². The van der Waals surface area contributed by atoms with Crippen molar-refractivity contribution >= 4 is 33.1 Å². The molecular weight excluding hydrogens is 404 g/mol. The Bertz CT molecular complexity index is 994. The van der Waals surface area contributed by atoms with Gasteiger partial charge in [-0.15, -0.1) is 21.5 Å². The third-order valence-corrected chi connectivity index (χ3v) is 8.01. The molecule has 10 heteroatoms. The maximum absolute atomic E-state index is 12.6. The topological polar surface area (TPSA) is 89.2 Å². The number of rotatable bonds is 6. The highest BCUT2D eigenvalue weighted by molar-refractivity contribution is 7.99. The molecule has 0 radical (unpaired) electrons. The quantitative estimate of drug-likeness (QED) is 0.558. The summed E-state index contributed by atoms with van der Waals surface area (Å²) in [6.45, 7) is 3.12. The van der Waals surface area contributed by atoms with Crippen molar-refractivity contribution in [3.63, 3.8) is 0 Å². The molecule has 1 fully saturated rings. The molecule has 1 aliphatic rings. The Balaban J connectivity index is 1.45. The largest absolute Gasteiger partial charge is 0.419 e. The standard InChI is InChI=1S/C17H18N4O3S3/c1-12(16-19-20-17(24-16)14-5-4-10-25-14)26-15-7-6-13(11-18-15)27(22,23)21-8-2-3-9-21/h4-7,10-12H,2-3,8-9H2,1H3. The molecule has 3 aromatic rings. The van der Waals surface area contributed by atoms with Gasteiger partial charge in [-0.25, -0.2) is 13.4 Å². The first-order chi connectivity index (χ1) is 13.0. The first kappa shape index (κ1) is 18.6. The molecule has 7 nitrogen and oxygen atoms in total. The fourth-order valence-corrected chi connectivity index (χ4v) is 5.72. The highest BCUT2D eigenvalue weighted by atomic mass is 32.2. The Kier molecular flexibility index (Phi) is 5.31.